The summed E-state index contributed by atoms with van der Waals surface area (Å²) < 4.78 is 12.9. The first-order chi connectivity index (χ1) is 13.0. The van der Waals surface area contributed by atoms with Crippen LogP contribution >= 0.6 is 0 Å². The van der Waals surface area contributed by atoms with Crippen LogP contribution in [0.3, 0.4) is 0 Å². The van der Waals surface area contributed by atoms with Crippen LogP contribution in [0.4, 0.5) is 4.39 Å². The summed E-state index contributed by atoms with van der Waals surface area (Å²) in [7, 11) is 0. The van der Waals surface area contributed by atoms with Crippen molar-refractivity contribution in [2.45, 2.75) is 19.8 Å². The van der Waals surface area contributed by atoms with Gasteiger partial charge in [-0.05, 0) is 49.1 Å². The number of carbonyl (C=O) groups is 2. The number of likely N-dealkylation sites (tertiary alicyclic amines) is 1. The smallest absolute Gasteiger partial charge is 0.254 e. The molecule has 1 saturated heterocycles. The molecule has 0 aliphatic carbocycles. The number of hydrogen-bond acceptors (Lipinski definition) is 3. The number of amides is 2. The highest BCUT2D eigenvalue weighted by Gasteiger charge is 2.28. The van der Waals surface area contributed by atoms with Gasteiger partial charge < -0.3 is 4.90 Å². The third kappa shape index (κ3) is 4.78. The molecule has 3 rings (SSSR count). The Morgan fingerprint density at radius 2 is 1.78 bits per heavy atom. The number of hydrogen-bond donors (Lipinski definition) is 1. The van der Waals surface area contributed by atoms with Crippen LogP contribution in [0.1, 0.15) is 34.3 Å². The largest absolute Gasteiger partial charge is 0.339 e. The highest BCUT2D eigenvalue weighted by atomic mass is 19.1. The van der Waals surface area contributed by atoms with Crippen LogP contribution in [-0.2, 0) is 4.79 Å². The van der Waals surface area contributed by atoms with E-state index < -0.39 is 0 Å². The van der Waals surface area contributed by atoms with Gasteiger partial charge in [0.05, 0.1) is 6.21 Å². The average Bonchev–Trinajstić information content (AvgIpc) is 2.69. The SMILES string of the molecule is Cc1ccccc1C(=O)N1CCC(C(=O)N/N=C\c2ccc(F)cc2)CC1. The van der Waals surface area contributed by atoms with Gasteiger partial charge in [0, 0.05) is 24.6 Å². The van der Waals surface area contributed by atoms with Crippen LogP contribution in [0.5, 0.6) is 0 Å². The van der Waals surface area contributed by atoms with Crippen LogP contribution in [-0.4, -0.2) is 36.0 Å². The third-order valence-electron chi connectivity index (χ3n) is 4.79. The molecule has 5 nitrogen and oxygen atoms in total. The molecular weight excluding hydrogens is 345 g/mol. The average molecular weight is 367 g/mol. The number of nitrogens with one attached hydrogen (secondary N) is 1. The first-order valence-corrected chi connectivity index (χ1v) is 8.98. The van der Waals surface area contributed by atoms with E-state index in [1.165, 1.54) is 18.3 Å². The highest BCUT2D eigenvalue weighted by Crippen LogP contribution is 2.20. The second kappa shape index (κ2) is 8.58. The van der Waals surface area contributed by atoms with E-state index in [1.54, 1.807) is 17.0 Å². The number of halogens is 1. The molecule has 1 heterocycles. The summed E-state index contributed by atoms with van der Waals surface area (Å²) >= 11 is 0. The lowest BCUT2D eigenvalue weighted by Crippen LogP contribution is -2.42. The fourth-order valence-corrected chi connectivity index (χ4v) is 3.14. The topological polar surface area (TPSA) is 61.8 Å². The molecule has 0 atom stereocenters. The zero-order valence-electron chi connectivity index (χ0n) is 15.2. The molecule has 1 N–H and O–H groups in total. The standard InChI is InChI=1S/C21H22FN3O2/c1-15-4-2-3-5-19(15)21(27)25-12-10-17(11-13-25)20(26)24-23-14-16-6-8-18(22)9-7-16/h2-9,14,17H,10-13H2,1H3,(H,24,26)/b23-14-. The van der Waals surface area contributed by atoms with Gasteiger partial charge in [0.2, 0.25) is 5.91 Å². The Hall–Kier alpha value is -3.02. The molecule has 0 bridgehead atoms. The van der Waals surface area contributed by atoms with Gasteiger partial charge in [0.15, 0.2) is 0 Å². The van der Waals surface area contributed by atoms with Crippen molar-refractivity contribution in [3.05, 3.63) is 71.0 Å². The predicted molar refractivity (Wildman–Crippen MR) is 102 cm³/mol. The lowest BCUT2D eigenvalue weighted by molar-refractivity contribution is -0.126. The molecular formula is C21H22FN3O2. The van der Waals surface area contributed by atoms with Crippen molar-refractivity contribution >= 4 is 18.0 Å². The van der Waals surface area contributed by atoms with Gasteiger partial charge in [-0.1, -0.05) is 30.3 Å². The van der Waals surface area contributed by atoms with Gasteiger partial charge >= 0.3 is 0 Å². The molecule has 1 fully saturated rings. The van der Waals surface area contributed by atoms with Crippen LogP contribution in [0.15, 0.2) is 53.6 Å². The van der Waals surface area contributed by atoms with Crippen LogP contribution in [0.25, 0.3) is 0 Å². The summed E-state index contributed by atoms with van der Waals surface area (Å²) in [6.45, 7) is 3.02. The maximum absolute atomic E-state index is 12.9. The number of hydrazone groups is 1. The van der Waals surface area contributed by atoms with E-state index in [4.69, 9.17) is 0 Å². The molecule has 0 radical (unpaired) electrons. The van der Waals surface area contributed by atoms with Gasteiger partial charge in [0.1, 0.15) is 5.82 Å². The van der Waals surface area contributed by atoms with Crippen LogP contribution in [0, 0.1) is 18.7 Å². The van der Waals surface area contributed by atoms with Gasteiger partial charge in [-0.2, -0.15) is 5.10 Å². The lowest BCUT2D eigenvalue weighted by Gasteiger charge is -2.31. The van der Waals surface area contributed by atoms with E-state index in [0.29, 0.717) is 37.1 Å². The van der Waals surface area contributed by atoms with Gasteiger partial charge in [-0.15, -0.1) is 0 Å². The number of benzene rings is 2. The second-order valence-corrected chi connectivity index (χ2v) is 6.67. The quantitative estimate of drug-likeness (QED) is 0.667. The molecule has 0 saturated carbocycles. The van der Waals surface area contributed by atoms with Crippen molar-refractivity contribution in [3.63, 3.8) is 0 Å². The van der Waals surface area contributed by atoms with E-state index in [9.17, 15) is 14.0 Å². The Kier molecular flexibility index (Phi) is 5.96. The number of nitrogens with zero attached hydrogens (tertiary/aromatic N) is 2. The summed E-state index contributed by atoms with van der Waals surface area (Å²) in [5, 5.41) is 3.93. The van der Waals surface area contributed by atoms with Crippen LogP contribution < -0.4 is 5.43 Å². The number of carbonyl (C=O) groups excluding carboxylic acids is 2. The fraction of sp³-hybridized carbons (Fsp3) is 0.286. The number of rotatable bonds is 4. The van der Waals surface area contributed by atoms with Crippen molar-refractivity contribution in [1.29, 1.82) is 0 Å². The Morgan fingerprint density at radius 1 is 1.11 bits per heavy atom. The summed E-state index contributed by atoms with van der Waals surface area (Å²) in [4.78, 5) is 26.7. The molecule has 140 valence electrons. The summed E-state index contributed by atoms with van der Waals surface area (Å²) in [6, 6.07) is 13.4. The fourth-order valence-electron chi connectivity index (χ4n) is 3.14. The zero-order chi connectivity index (χ0) is 19.2. The normalized spacial score (nSPS) is 15.1. The molecule has 2 amide bonds. The number of aryl methyl sites for hydroxylation is 1. The molecule has 0 unspecified atom stereocenters. The van der Waals surface area contributed by atoms with E-state index in [-0.39, 0.29) is 23.5 Å². The lowest BCUT2D eigenvalue weighted by atomic mass is 9.95. The molecule has 1 aliphatic rings. The molecule has 2 aromatic rings. The molecule has 0 aromatic heterocycles. The van der Waals surface area contributed by atoms with Crippen LogP contribution in [0.2, 0.25) is 0 Å². The summed E-state index contributed by atoms with van der Waals surface area (Å²) in [5.41, 5.74) is 4.91. The number of piperidine rings is 1. The van der Waals surface area contributed by atoms with Gasteiger partial charge in [-0.3, -0.25) is 9.59 Å². The second-order valence-electron chi connectivity index (χ2n) is 6.67. The van der Waals surface area contributed by atoms with Crippen molar-refractivity contribution in [3.8, 4) is 0 Å². The maximum atomic E-state index is 12.9. The van der Waals surface area contributed by atoms with Crippen molar-refractivity contribution in [1.82, 2.24) is 10.3 Å². The van der Waals surface area contributed by atoms with Crippen molar-refractivity contribution in [2.24, 2.45) is 11.0 Å². The summed E-state index contributed by atoms with van der Waals surface area (Å²) in [5.74, 6) is -0.628. The molecule has 6 heteroatoms. The van der Waals surface area contributed by atoms with E-state index in [2.05, 4.69) is 10.5 Å². The monoisotopic (exact) mass is 367 g/mol. The first kappa shape index (κ1) is 18.8. The van der Waals surface area contributed by atoms with Crippen molar-refractivity contribution in [2.75, 3.05) is 13.1 Å². The summed E-state index contributed by atoms with van der Waals surface area (Å²) in [6.07, 6.45) is 2.69. The minimum Gasteiger partial charge on any atom is -0.339 e. The maximum Gasteiger partial charge on any atom is 0.254 e. The molecule has 1 aliphatic heterocycles. The zero-order valence-corrected chi connectivity index (χ0v) is 15.2. The Labute approximate surface area is 157 Å². The Morgan fingerprint density at radius 3 is 2.44 bits per heavy atom. The first-order valence-electron chi connectivity index (χ1n) is 8.98. The molecule has 0 spiro atoms. The highest BCUT2D eigenvalue weighted by molar-refractivity contribution is 5.95. The minimum absolute atomic E-state index is 0.0151. The predicted octanol–water partition coefficient (Wildman–Crippen LogP) is 3.14. The van der Waals surface area contributed by atoms with E-state index in [1.807, 2.05) is 31.2 Å². The van der Waals surface area contributed by atoms with E-state index >= 15 is 0 Å². The Bertz CT molecular complexity index is 841. The van der Waals surface area contributed by atoms with E-state index in [0.717, 1.165) is 5.56 Å². The minimum atomic E-state index is -0.316. The van der Waals surface area contributed by atoms with Gasteiger partial charge in [0.25, 0.3) is 5.91 Å². The Balaban J connectivity index is 1.50. The molecule has 2 aromatic carbocycles. The van der Waals surface area contributed by atoms with Gasteiger partial charge in [-0.25, -0.2) is 9.82 Å². The molecule has 27 heavy (non-hydrogen) atoms. The van der Waals surface area contributed by atoms with Crippen molar-refractivity contribution < 1.29 is 14.0 Å². The third-order valence-corrected chi connectivity index (χ3v) is 4.79.